The summed E-state index contributed by atoms with van der Waals surface area (Å²) in [4.78, 5) is 15.9. The van der Waals surface area contributed by atoms with E-state index in [0.29, 0.717) is 0 Å². The number of amides is 1. The summed E-state index contributed by atoms with van der Waals surface area (Å²) in [5, 5.41) is 1.09. The Morgan fingerprint density at radius 2 is 1.46 bits per heavy atom. The van der Waals surface area contributed by atoms with Crippen molar-refractivity contribution in [2.45, 2.75) is 19.0 Å². The average Bonchev–Trinajstić information content (AvgIpc) is 3.35. The van der Waals surface area contributed by atoms with Gasteiger partial charge in [0.15, 0.2) is 0 Å². The number of fused-ring (bicyclic) bond motifs is 2. The SMILES string of the molecule is C[C@@H](c1ccccc1)N1C(=O)c2ccccc2[C@H]1c1c(-c2ccc(F)cc2)n(C)c2ccccc12. The van der Waals surface area contributed by atoms with Gasteiger partial charge in [0.25, 0.3) is 5.91 Å². The lowest BCUT2D eigenvalue weighted by Gasteiger charge is -2.32. The van der Waals surface area contributed by atoms with E-state index in [1.54, 1.807) is 0 Å². The molecule has 0 spiro atoms. The van der Waals surface area contributed by atoms with E-state index in [1.807, 2.05) is 72.6 Å². The second-order valence-corrected chi connectivity index (χ2v) is 9.13. The van der Waals surface area contributed by atoms with Crippen molar-refractivity contribution in [2.24, 2.45) is 7.05 Å². The van der Waals surface area contributed by atoms with Crippen LogP contribution in [0.15, 0.2) is 103 Å². The molecule has 0 bridgehead atoms. The van der Waals surface area contributed by atoms with E-state index >= 15 is 0 Å². The minimum atomic E-state index is -0.278. The molecule has 1 amide bonds. The van der Waals surface area contributed by atoms with Crippen LogP contribution in [0.2, 0.25) is 0 Å². The first-order chi connectivity index (χ1) is 17.1. The molecule has 0 N–H and O–H groups in total. The molecule has 4 heteroatoms. The van der Waals surface area contributed by atoms with Crippen LogP contribution in [0.4, 0.5) is 4.39 Å². The van der Waals surface area contributed by atoms with Crippen LogP contribution in [0.1, 0.15) is 46.1 Å². The third kappa shape index (κ3) is 3.28. The van der Waals surface area contributed by atoms with Crippen molar-refractivity contribution in [3.8, 4) is 11.3 Å². The van der Waals surface area contributed by atoms with Crippen molar-refractivity contribution >= 4 is 16.8 Å². The second-order valence-electron chi connectivity index (χ2n) is 9.13. The summed E-state index contributed by atoms with van der Waals surface area (Å²) < 4.78 is 16.0. The molecule has 1 aromatic heterocycles. The lowest BCUT2D eigenvalue weighted by Crippen LogP contribution is -2.31. The summed E-state index contributed by atoms with van der Waals surface area (Å²) >= 11 is 0. The third-order valence-corrected chi connectivity index (χ3v) is 7.23. The number of aromatic nitrogens is 1. The van der Waals surface area contributed by atoms with Gasteiger partial charge in [-0.2, -0.15) is 0 Å². The van der Waals surface area contributed by atoms with Crippen LogP contribution >= 0.6 is 0 Å². The fraction of sp³-hybridized carbons (Fsp3) is 0.129. The maximum absolute atomic E-state index is 13.9. The zero-order valence-corrected chi connectivity index (χ0v) is 19.7. The first kappa shape index (κ1) is 21.4. The molecule has 0 fully saturated rings. The summed E-state index contributed by atoms with van der Waals surface area (Å²) in [7, 11) is 2.04. The van der Waals surface area contributed by atoms with Crippen LogP contribution in [0.5, 0.6) is 0 Å². The molecule has 0 saturated heterocycles. The van der Waals surface area contributed by atoms with Crippen LogP contribution in [0.3, 0.4) is 0 Å². The monoisotopic (exact) mass is 460 g/mol. The Morgan fingerprint density at radius 1 is 0.800 bits per heavy atom. The fourth-order valence-electron chi connectivity index (χ4n) is 5.58. The molecular weight excluding hydrogens is 435 g/mol. The van der Waals surface area contributed by atoms with E-state index in [2.05, 4.69) is 41.8 Å². The van der Waals surface area contributed by atoms with Gasteiger partial charge < -0.3 is 9.47 Å². The minimum absolute atomic E-state index is 0.0277. The lowest BCUT2D eigenvalue weighted by atomic mass is 9.92. The molecule has 2 heterocycles. The van der Waals surface area contributed by atoms with Crippen LogP contribution in [-0.2, 0) is 7.05 Å². The highest BCUT2D eigenvalue weighted by Gasteiger charge is 2.43. The molecule has 0 radical (unpaired) electrons. The number of carbonyl (C=O) groups is 1. The van der Waals surface area contributed by atoms with Gasteiger partial charge in [-0.25, -0.2) is 4.39 Å². The van der Waals surface area contributed by atoms with E-state index in [0.717, 1.165) is 44.4 Å². The van der Waals surface area contributed by atoms with Crippen LogP contribution in [0.25, 0.3) is 22.2 Å². The number of benzene rings is 4. The molecule has 172 valence electrons. The van der Waals surface area contributed by atoms with Gasteiger partial charge in [-0.05, 0) is 60.0 Å². The van der Waals surface area contributed by atoms with Crippen LogP contribution in [0, 0.1) is 5.82 Å². The van der Waals surface area contributed by atoms with Crippen molar-refractivity contribution < 1.29 is 9.18 Å². The van der Waals surface area contributed by atoms with Crippen LogP contribution < -0.4 is 0 Å². The smallest absolute Gasteiger partial charge is 0.255 e. The van der Waals surface area contributed by atoms with E-state index in [9.17, 15) is 9.18 Å². The van der Waals surface area contributed by atoms with Gasteiger partial charge in [-0.3, -0.25) is 4.79 Å². The van der Waals surface area contributed by atoms with Gasteiger partial charge in [-0.15, -0.1) is 0 Å². The second kappa shape index (κ2) is 8.24. The first-order valence-corrected chi connectivity index (χ1v) is 11.9. The average molecular weight is 461 g/mol. The lowest BCUT2D eigenvalue weighted by molar-refractivity contribution is 0.0678. The maximum Gasteiger partial charge on any atom is 0.255 e. The highest BCUT2D eigenvalue weighted by molar-refractivity contribution is 6.02. The standard InChI is InChI=1S/C31H25FN2O/c1-20(21-10-4-3-5-11-21)34-30(24-12-6-7-13-25(24)31(34)35)28-26-14-8-9-15-27(26)33(2)29(28)22-16-18-23(32)19-17-22/h3-20,30H,1-2H3/t20-,30-/m0/s1. The van der Waals surface area contributed by atoms with E-state index in [4.69, 9.17) is 0 Å². The highest BCUT2D eigenvalue weighted by atomic mass is 19.1. The van der Waals surface area contributed by atoms with Gasteiger partial charge >= 0.3 is 0 Å². The number of carbonyl (C=O) groups excluding carboxylic acids is 1. The number of hydrogen-bond donors (Lipinski definition) is 0. The quantitative estimate of drug-likeness (QED) is 0.276. The Hall–Kier alpha value is -4.18. The Kier molecular flexibility index (Phi) is 5.03. The summed E-state index contributed by atoms with van der Waals surface area (Å²) in [5.74, 6) is -0.241. The molecular formula is C31H25FN2O. The normalized spacial score (nSPS) is 16.0. The molecule has 0 aliphatic carbocycles. The molecule has 3 nitrogen and oxygen atoms in total. The van der Waals surface area contributed by atoms with Crippen LogP contribution in [-0.4, -0.2) is 15.4 Å². The third-order valence-electron chi connectivity index (χ3n) is 7.23. The van der Waals surface area contributed by atoms with Crippen molar-refractivity contribution in [3.63, 3.8) is 0 Å². The number of halogens is 1. The maximum atomic E-state index is 13.9. The predicted octanol–water partition coefficient (Wildman–Crippen LogP) is 7.29. The molecule has 0 saturated carbocycles. The first-order valence-electron chi connectivity index (χ1n) is 11.9. The van der Waals surface area contributed by atoms with Crippen molar-refractivity contribution in [1.82, 2.24) is 9.47 Å². The molecule has 6 rings (SSSR count). The van der Waals surface area contributed by atoms with Crippen molar-refractivity contribution in [2.75, 3.05) is 0 Å². The summed E-state index contributed by atoms with van der Waals surface area (Å²) in [6.07, 6.45) is 0. The van der Waals surface area contributed by atoms with E-state index < -0.39 is 0 Å². The molecule has 1 aliphatic heterocycles. The van der Waals surface area contributed by atoms with Crippen molar-refractivity contribution in [1.29, 1.82) is 0 Å². The Labute approximate surface area is 204 Å². The van der Waals surface area contributed by atoms with E-state index in [1.165, 1.54) is 12.1 Å². The van der Waals surface area contributed by atoms with Gasteiger partial charge in [0.2, 0.25) is 0 Å². The Balaban J connectivity index is 1.66. The summed E-state index contributed by atoms with van der Waals surface area (Å²) in [6, 6.07) is 32.6. The Morgan fingerprint density at radius 3 is 2.23 bits per heavy atom. The van der Waals surface area contributed by atoms with Gasteiger partial charge in [0, 0.05) is 29.1 Å². The number of hydrogen-bond acceptors (Lipinski definition) is 1. The number of rotatable bonds is 4. The van der Waals surface area contributed by atoms with Crippen molar-refractivity contribution in [3.05, 3.63) is 131 Å². The largest absolute Gasteiger partial charge is 0.343 e. The number of nitrogens with zero attached hydrogens (tertiary/aromatic N) is 2. The topological polar surface area (TPSA) is 25.2 Å². The molecule has 0 unspecified atom stereocenters. The fourth-order valence-corrected chi connectivity index (χ4v) is 5.58. The molecule has 35 heavy (non-hydrogen) atoms. The highest BCUT2D eigenvalue weighted by Crippen LogP contribution is 2.49. The summed E-state index contributed by atoms with van der Waals surface area (Å²) in [5.41, 5.74) is 6.87. The number of para-hydroxylation sites is 1. The Bertz CT molecular complexity index is 1550. The predicted molar refractivity (Wildman–Crippen MR) is 138 cm³/mol. The van der Waals surface area contributed by atoms with E-state index in [-0.39, 0.29) is 23.8 Å². The van der Waals surface area contributed by atoms with Gasteiger partial charge in [-0.1, -0.05) is 66.7 Å². The van der Waals surface area contributed by atoms with Gasteiger partial charge in [0.05, 0.1) is 17.8 Å². The molecule has 5 aromatic rings. The zero-order chi connectivity index (χ0) is 24.1. The molecule has 2 atom stereocenters. The van der Waals surface area contributed by atoms with Gasteiger partial charge in [0.1, 0.15) is 5.82 Å². The zero-order valence-electron chi connectivity index (χ0n) is 19.7. The molecule has 1 aliphatic rings. The minimum Gasteiger partial charge on any atom is -0.343 e. The number of aryl methyl sites for hydroxylation is 1. The molecule has 4 aromatic carbocycles. The summed E-state index contributed by atoms with van der Waals surface area (Å²) in [6.45, 7) is 2.09.